The number of nitrogens with zero attached hydrogens (tertiary/aromatic N) is 5. The molecule has 1 aliphatic heterocycles. The van der Waals surface area contributed by atoms with Crippen LogP contribution in [0.1, 0.15) is 12.2 Å². The van der Waals surface area contributed by atoms with E-state index in [0.717, 1.165) is 18.5 Å². The highest BCUT2D eigenvalue weighted by atomic mass is 32.1. The fourth-order valence-electron chi connectivity index (χ4n) is 2.05. The predicted octanol–water partition coefficient (Wildman–Crippen LogP) is 0.384. The molecule has 2 aromatic heterocycles. The molecule has 3 rings (SSSR count). The molecule has 0 saturated heterocycles. The van der Waals surface area contributed by atoms with Gasteiger partial charge in [0.2, 0.25) is 11.7 Å². The van der Waals surface area contributed by atoms with Gasteiger partial charge in [-0.05, 0) is 11.6 Å². The zero-order valence-electron chi connectivity index (χ0n) is 10.6. The summed E-state index contributed by atoms with van der Waals surface area (Å²) in [4.78, 5) is 18.0. The van der Waals surface area contributed by atoms with Crippen LogP contribution in [0.3, 0.4) is 0 Å². The molecule has 0 spiro atoms. The molecule has 0 fully saturated rings. The van der Waals surface area contributed by atoms with Crippen molar-refractivity contribution in [2.24, 2.45) is 0 Å². The summed E-state index contributed by atoms with van der Waals surface area (Å²) in [6, 6.07) is 0. The smallest absolute Gasteiger partial charge is 0.240 e. The minimum atomic E-state index is -0.0608. The first-order valence-corrected chi connectivity index (χ1v) is 7.04. The van der Waals surface area contributed by atoms with Crippen LogP contribution in [0.2, 0.25) is 0 Å². The Morgan fingerprint density at radius 2 is 2.50 bits per heavy atom. The molecule has 9 heteroatoms. The van der Waals surface area contributed by atoms with Gasteiger partial charge in [-0.1, -0.05) is 6.08 Å². The molecule has 104 valence electrons. The van der Waals surface area contributed by atoms with Crippen molar-refractivity contribution >= 4 is 27.9 Å². The number of rotatable bonds is 4. The van der Waals surface area contributed by atoms with E-state index < -0.39 is 0 Å². The van der Waals surface area contributed by atoms with E-state index in [1.807, 2.05) is 5.38 Å². The van der Waals surface area contributed by atoms with Crippen molar-refractivity contribution in [3.05, 3.63) is 23.5 Å². The van der Waals surface area contributed by atoms with Crippen molar-refractivity contribution in [3.8, 4) is 0 Å². The minimum absolute atomic E-state index is 0.0608. The molecule has 0 atom stereocenters. The van der Waals surface area contributed by atoms with E-state index in [2.05, 4.69) is 41.9 Å². The molecule has 0 bridgehead atoms. The van der Waals surface area contributed by atoms with Gasteiger partial charge in [0.25, 0.3) is 0 Å². The normalized spacial score (nSPS) is 15.9. The van der Waals surface area contributed by atoms with Gasteiger partial charge < -0.3 is 5.32 Å². The number of carbonyl (C=O) groups excluding carboxylic acids is 1. The summed E-state index contributed by atoms with van der Waals surface area (Å²) >= 11 is 1.41. The number of tetrazole rings is 1. The number of H-pyrrole nitrogens is 1. The molecule has 0 unspecified atom stereocenters. The summed E-state index contributed by atoms with van der Waals surface area (Å²) in [5.41, 5.74) is 0.993. The van der Waals surface area contributed by atoms with E-state index in [1.54, 1.807) is 6.20 Å². The first-order chi connectivity index (χ1) is 9.81. The third-order valence-electron chi connectivity index (χ3n) is 2.91. The molecule has 0 radical (unpaired) electrons. The van der Waals surface area contributed by atoms with Crippen LogP contribution in [0.25, 0.3) is 5.57 Å². The van der Waals surface area contributed by atoms with E-state index >= 15 is 0 Å². The van der Waals surface area contributed by atoms with Gasteiger partial charge in [0.1, 0.15) is 0 Å². The quantitative estimate of drug-likeness (QED) is 0.845. The third-order valence-corrected chi connectivity index (χ3v) is 3.60. The number of amides is 1. The second-order valence-corrected chi connectivity index (χ2v) is 5.24. The fourth-order valence-corrected chi connectivity index (χ4v) is 2.59. The summed E-state index contributed by atoms with van der Waals surface area (Å²) in [7, 11) is 0. The monoisotopic (exact) mass is 291 g/mol. The van der Waals surface area contributed by atoms with Gasteiger partial charge in [-0.25, -0.2) is 4.98 Å². The van der Waals surface area contributed by atoms with Crippen LogP contribution in [0.5, 0.6) is 0 Å². The Labute approximate surface area is 118 Å². The predicted molar refractivity (Wildman–Crippen MR) is 74.0 cm³/mol. The van der Waals surface area contributed by atoms with Crippen molar-refractivity contribution in [1.29, 1.82) is 0 Å². The van der Waals surface area contributed by atoms with E-state index in [4.69, 9.17) is 0 Å². The SMILES string of the molecule is O=C(CN1CCC=C(c2nn[nH]n2)C1)Nc1nccs1. The largest absolute Gasteiger partial charge is 0.301 e. The second kappa shape index (κ2) is 5.88. The molecule has 0 aliphatic carbocycles. The molecule has 2 N–H and O–H groups in total. The molecule has 0 saturated carbocycles. The summed E-state index contributed by atoms with van der Waals surface area (Å²) < 4.78 is 0. The van der Waals surface area contributed by atoms with E-state index in [0.29, 0.717) is 24.0 Å². The average Bonchev–Trinajstić information content (AvgIpc) is 3.11. The lowest BCUT2D eigenvalue weighted by atomic mass is 10.1. The Kier molecular flexibility index (Phi) is 3.79. The molecule has 3 heterocycles. The van der Waals surface area contributed by atoms with Crippen molar-refractivity contribution in [3.63, 3.8) is 0 Å². The molecule has 1 amide bonds. The van der Waals surface area contributed by atoms with Crippen molar-refractivity contribution in [2.45, 2.75) is 6.42 Å². The van der Waals surface area contributed by atoms with Gasteiger partial charge in [-0.2, -0.15) is 5.21 Å². The van der Waals surface area contributed by atoms with Crippen molar-refractivity contribution in [1.82, 2.24) is 30.5 Å². The number of carbonyl (C=O) groups is 1. The lowest BCUT2D eigenvalue weighted by molar-refractivity contribution is -0.117. The Balaban J connectivity index is 1.56. The molecule has 2 aromatic rings. The Morgan fingerprint density at radius 3 is 3.25 bits per heavy atom. The summed E-state index contributed by atoms with van der Waals surface area (Å²) in [5.74, 6) is 0.532. The number of hydrogen-bond donors (Lipinski definition) is 2. The summed E-state index contributed by atoms with van der Waals surface area (Å²) in [6.45, 7) is 1.81. The van der Waals surface area contributed by atoms with Gasteiger partial charge in [0, 0.05) is 30.2 Å². The Hall–Kier alpha value is -2.13. The van der Waals surface area contributed by atoms with Crippen LogP contribution >= 0.6 is 11.3 Å². The van der Waals surface area contributed by atoms with Crippen molar-refractivity contribution < 1.29 is 4.79 Å². The summed E-state index contributed by atoms with van der Waals surface area (Å²) in [6.07, 6.45) is 4.62. The van der Waals surface area contributed by atoms with Crippen LogP contribution in [0, 0.1) is 0 Å². The highest BCUT2D eigenvalue weighted by Crippen LogP contribution is 2.17. The van der Waals surface area contributed by atoms with Crippen LogP contribution in [0.15, 0.2) is 17.7 Å². The molecular formula is C11H13N7OS. The van der Waals surface area contributed by atoms with Crippen LogP contribution in [-0.2, 0) is 4.79 Å². The van der Waals surface area contributed by atoms with E-state index in [1.165, 1.54) is 11.3 Å². The van der Waals surface area contributed by atoms with Gasteiger partial charge in [0.05, 0.1) is 6.54 Å². The number of nitrogens with one attached hydrogen (secondary N) is 2. The highest BCUT2D eigenvalue weighted by molar-refractivity contribution is 7.13. The summed E-state index contributed by atoms with van der Waals surface area (Å²) in [5, 5.41) is 19.1. The first kappa shape index (κ1) is 12.9. The maximum absolute atomic E-state index is 11.9. The van der Waals surface area contributed by atoms with Gasteiger partial charge >= 0.3 is 0 Å². The number of anilines is 1. The molecule has 0 aromatic carbocycles. The lowest BCUT2D eigenvalue weighted by Gasteiger charge is -2.25. The molecule has 20 heavy (non-hydrogen) atoms. The maximum atomic E-state index is 11.9. The van der Waals surface area contributed by atoms with Crippen molar-refractivity contribution in [2.75, 3.05) is 25.0 Å². The maximum Gasteiger partial charge on any atom is 0.240 e. The minimum Gasteiger partial charge on any atom is -0.301 e. The van der Waals surface area contributed by atoms with Crippen LogP contribution in [-0.4, -0.2) is 56.0 Å². The Bertz CT molecular complexity index is 592. The fraction of sp³-hybridized carbons (Fsp3) is 0.364. The lowest BCUT2D eigenvalue weighted by Crippen LogP contribution is -2.36. The Morgan fingerprint density at radius 1 is 1.55 bits per heavy atom. The van der Waals surface area contributed by atoms with E-state index in [9.17, 15) is 4.79 Å². The number of aromatic nitrogens is 5. The number of hydrogen-bond acceptors (Lipinski definition) is 7. The van der Waals surface area contributed by atoms with Gasteiger partial charge in [0.15, 0.2) is 5.13 Å². The van der Waals surface area contributed by atoms with E-state index in [-0.39, 0.29) is 5.91 Å². The average molecular weight is 291 g/mol. The molecule has 1 aliphatic rings. The van der Waals surface area contributed by atoms with Crippen LogP contribution in [0.4, 0.5) is 5.13 Å². The van der Waals surface area contributed by atoms with Gasteiger partial charge in [-0.15, -0.1) is 21.5 Å². The molecular weight excluding hydrogens is 278 g/mol. The third kappa shape index (κ3) is 3.06. The second-order valence-electron chi connectivity index (χ2n) is 4.35. The topological polar surface area (TPSA) is 99.7 Å². The highest BCUT2D eigenvalue weighted by Gasteiger charge is 2.19. The zero-order valence-corrected chi connectivity index (χ0v) is 11.4. The standard InChI is InChI=1S/C11H13N7OS/c19-9(13-11-12-3-5-20-11)7-18-4-1-2-8(6-18)10-14-16-17-15-10/h2-3,5H,1,4,6-7H2,(H,12,13,19)(H,14,15,16,17). The van der Waals surface area contributed by atoms with Gasteiger partial charge in [-0.3, -0.25) is 9.69 Å². The molecule has 8 nitrogen and oxygen atoms in total. The number of thiazole rings is 1. The first-order valence-electron chi connectivity index (χ1n) is 6.16. The zero-order chi connectivity index (χ0) is 13.8. The number of aromatic amines is 1. The van der Waals surface area contributed by atoms with Crippen LogP contribution < -0.4 is 5.32 Å².